The third kappa shape index (κ3) is 5.64. The van der Waals surface area contributed by atoms with Crippen molar-refractivity contribution in [2.45, 2.75) is 39.3 Å². The smallest absolute Gasteiger partial charge is 0.337 e. The van der Waals surface area contributed by atoms with Crippen molar-refractivity contribution in [3.05, 3.63) is 41.0 Å². The number of hydrogen-bond donors (Lipinski definition) is 1. The molecule has 0 aliphatic rings. The topological polar surface area (TPSA) is 77.5 Å². The van der Waals surface area contributed by atoms with Crippen LogP contribution in [0, 0.1) is 0 Å². The van der Waals surface area contributed by atoms with Gasteiger partial charge in [-0.15, -0.1) is 11.3 Å². The summed E-state index contributed by atoms with van der Waals surface area (Å²) in [6, 6.07) is 7.11. The van der Waals surface area contributed by atoms with Gasteiger partial charge in [-0.1, -0.05) is 12.1 Å². The Hall–Kier alpha value is -2.25. The summed E-state index contributed by atoms with van der Waals surface area (Å²) in [5.41, 5.74) is 0.987. The van der Waals surface area contributed by atoms with E-state index in [0.29, 0.717) is 5.56 Å². The van der Waals surface area contributed by atoms with Crippen molar-refractivity contribution in [1.29, 1.82) is 0 Å². The summed E-state index contributed by atoms with van der Waals surface area (Å²) < 4.78 is 9.98. The monoisotopic (exact) mass is 376 g/mol. The van der Waals surface area contributed by atoms with E-state index in [0.717, 1.165) is 15.4 Å². The Balaban J connectivity index is 1.98. The van der Waals surface area contributed by atoms with Crippen LogP contribution in [0.2, 0.25) is 0 Å². The van der Waals surface area contributed by atoms with Crippen LogP contribution in [0.15, 0.2) is 30.5 Å². The van der Waals surface area contributed by atoms with E-state index in [1.54, 1.807) is 18.3 Å². The molecule has 7 heteroatoms. The van der Waals surface area contributed by atoms with Crippen LogP contribution in [-0.2, 0) is 14.3 Å². The molecule has 26 heavy (non-hydrogen) atoms. The van der Waals surface area contributed by atoms with Gasteiger partial charge in [-0.25, -0.2) is 9.78 Å². The first-order valence-electron chi connectivity index (χ1n) is 8.29. The number of hydrogen-bond acceptors (Lipinski definition) is 7. The standard InChI is InChI=1S/C19H24N2O4S/c1-12(20-11-16(22)25-19(2,3)4)17-21-10-15(26-17)13-6-8-14(9-7-13)18(23)24-5/h6-10,12,20H,11H2,1-5H3. The van der Waals surface area contributed by atoms with Crippen molar-refractivity contribution in [2.24, 2.45) is 0 Å². The summed E-state index contributed by atoms with van der Waals surface area (Å²) >= 11 is 1.54. The number of esters is 2. The summed E-state index contributed by atoms with van der Waals surface area (Å²) in [4.78, 5) is 28.7. The minimum Gasteiger partial charge on any atom is -0.465 e. The average Bonchev–Trinajstić information content (AvgIpc) is 3.08. The zero-order valence-corrected chi connectivity index (χ0v) is 16.5. The molecule has 1 heterocycles. The second-order valence-corrected chi connectivity index (χ2v) is 7.88. The van der Waals surface area contributed by atoms with Gasteiger partial charge in [0.2, 0.25) is 0 Å². The first-order chi connectivity index (χ1) is 12.2. The summed E-state index contributed by atoms with van der Waals surface area (Å²) in [5.74, 6) is -0.652. The van der Waals surface area contributed by atoms with Crippen LogP contribution in [0.5, 0.6) is 0 Å². The molecule has 0 spiro atoms. The molecule has 0 aliphatic carbocycles. The second-order valence-electron chi connectivity index (χ2n) is 6.82. The van der Waals surface area contributed by atoms with Crippen molar-refractivity contribution in [2.75, 3.05) is 13.7 Å². The minimum absolute atomic E-state index is 0.0735. The van der Waals surface area contributed by atoms with E-state index < -0.39 is 5.60 Å². The molecule has 0 saturated heterocycles. The molecule has 0 aliphatic heterocycles. The van der Waals surface area contributed by atoms with Crippen molar-refractivity contribution < 1.29 is 19.1 Å². The molecule has 0 bridgehead atoms. The van der Waals surface area contributed by atoms with Crippen LogP contribution in [0.1, 0.15) is 49.1 Å². The highest BCUT2D eigenvalue weighted by Gasteiger charge is 2.18. The normalized spacial score (nSPS) is 12.5. The van der Waals surface area contributed by atoms with Gasteiger partial charge in [0.05, 0.1) is 30.1 Å². The Labute approximate surface area is 157 Å². The van der Waals surface area contributed by atoms with Crippen LogP contribution in [0.3, 0.4) is 0 Å². The highest BCUT2D eigenvalue weighted by molar-refractivity contribution is 7.15. The molecule has 0 radical (unpaired) electrons. The highest BCUT2D eigenvalue weighted by atomic mass is 32.1. The molecule has 0 saturated carbocycles. The average molecular weight is 376 g/mol. The van der Waals surface area contributed by atoms with E-state index in [1.807, 2.05) is 39.8 Å². The molecule has 6 nitrogen and oxygen atoms in total. The first-order valence-corrected chi connectivity index (χ1v) is 9.11. The number of rotatable bonds is 6. The molecule has 140 valence electrons. The van der Waals surface area contributed by atoms with Crippen LogP contribution >= 0.6 is 11.3 Å². The molecule has 1 aromatic heterocycles. The summed E-state index contributed by atoms with van der Waals surface area (Å²) in [6.07, 6.45) is 1.79. The second kappa shape index (κ2) is 8.42. The summed E-state index contributed by atoms with van der Waals surface area (Å²) in [5, 5.41) is 4.01. The Morgan fingerprint density at radius 3 is 2.46 bits per heavy atom. The Kier molecular flexibility index (Phi) is 6.50. The number of methoxy groups -OCH3 is 1. The van der Waals surface area contributed by atoms with Gasteiger partial charge < -0.3 is 9.47 Å². The Bertz CT molecular complexity index is 763. The number of thiazole rings is 1. The lowest BCUT2D eigenvalue weighted by atomic mass is 10.1. The molecule has 1 aromatic carbocycles. The van der Waals surface area contributed by atoms with Crippen LogP contribution in [0.4, 0.5) is 0 Å². The lowest BCUT2D eigenvalue weighted by Gasteiger charge is -2.20. The SMILES string of the molecule is COC(=O)c1ccc(-c2cnc(C(C)NCC(=O)OC(C)(C)C)s2)cc1. The zero-order chi connectivity index (χ0) is 19.3. The maximum atomic E-state index is 11.8. The van der Waals surface area contributed by atoms with E-state index in [1.165, 1.54) is 18.4 Å². The molecular weight excluding hydrogens is 352 g/mol. The highest BCUT2D eigenvalue weighted by Crippen LogP contribution is 2.29. The van der Waals surface area contributed by atoms with Gasteiger partial charge in [0, 0.05) is 6.20 Å². The third-order valence-electron chi connectivity index (χ3n) is 3.46. The van der Waals surface area contributed by atoms with Gasteiger partial charge in [0.15, 0.2) is 0 Å². The van der Waals surface area contributed by atoms with E-state index in [2.05, 4.69) is 10.3 Å². The number of aromatic nitrogens is 1. The fraction of sp³-hybridized carbons (Fsp3) is 0.421. The van der Waals surface area contributed by atoms with Gasteiger partial charge in [0.25, 0.3) is 0 Å². The molecule has 2 rings (SSSR count). The van der Waals surface area contributed by atoms with Crippen molar-refractivity contribution in [3.8, 4) is 10.4 Å². The predicted molar refractivity (Wildman–Crippen MR) is 101 cm³/mol. The maximum Gasteiger partial charge on any atom is 0.337 e. The van der Waals surface area contributed by atoms with Crippen LogP contribution in [-0.4, -0.2) is 36.2 Å². The fourth-order valence-electron chi connectivity index (χ4n) is 2.21. The van der Waals surface area contributed by atoms with E-state index in [-0.39, 0.29) is 24.5 Å². The molecule has 1 N–H and O–H groups in total. The molecule has 1 atom stereocenters. The number of carbonyl (C=O) groups is 2. The summed E-state index contributed by atoms with van der Waals surface area (Å²) in [7, 11) is 1.36. The summed E-state index contributed by atoms with van der Waals surface area (Å²) in [6.45, 7) is 7.60. The van der Waals surface area contributed by atoms with E-state index in [4.69, 9.17) is 9.47 Å². The minimum atomic E-state index is -0.493. The quantitative estimate of drug-likeness (QED) is 0.777. The molecule has 1 unspecified atom stereocenters. The van der Waals surface area contributed by atoms with Gasteiger partial charge in [-0.3, -0.25) is 10.1 Å². The van der Waals surface area contributed by atoms with Crippen molar-refractivity contribution in [1.82, 2.24) is 10.3 Å². The Morgan fingerprint density at radius 1 is 1.23 bits per heavy atom. The molecular formula is C19H24N2O4S. The lowest BCUT2D eigenvalue weighted by Crippen LogP contribution is -2.32. The molecule has 0 fully saturated rings. The zero-order valence-electron chi connectivity index (χ0n) is 15.7. The number of nitrogens with one attached hydrogen (secondary N) is 1. The molecule has 2 aromatic rings. The van der Waals surface area contributed by atoms with E-state index in [9.17, 15) is 9.59 Å². The number of nitrogens with zero attached hydrogens (tertiary/aromatic N) is 1. The number of ether oxygens (including phenoxy) is 2. The first kappa shape index (κ1) is 20.1. The van der Waals surface area contributed by atoms with Gasteiger partial charge >= 0.3 is 11.9 Å². The van der Waals surface area contributed by atoms with Gasteiger partial charge in [0.1, 0.15) is 10.6 Å². The van der Waals surface area contributed by atoms with Crippen molar-refractivity contribution >= 4 is 23.3 Å². The van der Waals surface area contributed by atoms with Crippen LogP contribution in [0.25, 0.3) is 10.4 Å². The number of carbonyl (C=O) groups excluding carboxylic acids is 2. The molecule has 0 amide bonds. The van der Waals surface area contributed by atoms with Crippen molar-refractivity contribution in [3.63, 3.8) is 0 Å². The lowest BCUT2D eigenvalue weighted by molar-refractivity contribution is -0.153. The maximum absolute atomic E-state index is 11.8. The van der Waals surface area contributed by atoms with Gasteiger partial charge in [-0.05, 0) is 45.4 Å². The Morgan fingerprint density at radius 2 is 1.88 bits per heavy atom. The fourth-order valence-corrected chi connectivity index (χ4v) is 3.16. The predicted octanol–water partition coefficient (Wildman–Crippen LogP) is 3.59. The largest absolute Gasteiger partial charge is 0.465 e. The van der Waals surface area contributed by atoms with Crippen LogP contribution < -0.4 is 5.32 Å². The van der Waals surface area contributed by atoms with E-state index >= 15 is 0 Å². The third-order valence-corrected chi connectivity index (χ3v) is 4.69. The number of benzene rings is 1. The van der Waals surface area contributed by atoms with Gasteiger partial charge in [-0.2, -0.15) is 0 Å².